The Morgan fingerprint density at radius 2 is 1.77 bits per heavy atom. The van der Waals surface area contributed by atoms with Gasteiger partial charge in [0, 0.05) is 44.4 Å². The molecule has 0 fully saturated rings. The van der Waals surface area contributed by atoms with Gasteiger partial charge in [-0.05, 0) is 12.2 Å². The molecule has 0 aliphatic carbocycles. The SMILES string of the molecule is CC(C)(C)C(=O)Cc1ccc(/C=C2/C=CC(/C=C(\O)C(C)(C)C)=N2)[n-]1.[Pt]. The van der Waals surface area contributed by atoms with Crippen molar-refractivity contribution in [3.8, 4) is 0 Å². The molecule has 0 unspecified atom stereocenters. The van der Waals surface area contributed by atoms with E-state index in [0.29, 0.717) is 17.9 Å². The van der Waals surface area contributed by atoms with E-state index in [1.54, 1.807) is 6.08 Å². The van der Waals surface area contributed by atoms with E-state index in [2.05, 4.69) is 9.98 Å². The van der Waals surface area contributed by atoms with Crippen molar-refractivity contribution in [2.24, 2.45) is 15.8 Å². The molecule has 1 N–H and O–H groups in total. The molecule has 1 aliphatic heterocycles. The van der Waals surface area contributed by atoms with Gasteiger partial charge in [-0.25, -0.2) is 4.99 Å². The number of carbonyl (C=O) groups excluding carboxylic acids is 1. The summed E-state index contributed by atoms with van der Waals surface area (Å²) in [6.07, 6.45) is 7.65. The number of carbonyl (C=O) groups is 1. The van der Waals surface area contributed by atoms with Crippen LogP contribution in [0.1, 0.15) is 52.9 Å². The normalized spacial score (nSPS) is 16.6. The van der Waals surface area contributed by atoms with Crippen LogP contribution in [0.2, 0.25) is 0 Å². The first-order valence-electron chi connectivity index (χ1n) is 8.51. The van der Waals surface area contributed by atoms with Crippen molar-refractivity contribution in [1.29, 1.82) is 0 Å². The molecule has 1 aromatic heterocycles. The summed E-state index contributed by atoms with van der Waals surface area (Å²) in [4.78, 5) is 21.1. The molecule has 26 heavy (non-hydrogen) atoms. The van der Waals surface area contributed by atoms with Crippen LogP contribution in [-0.2, 0) is 32.3 Å². The average molecular weight is 535 g/mol. The van der Waals surface area contributed by atoms with Gasteiger partial charge in [-0.1, -0.05) is 59.8 Å². The predicted molar refractivity (Wildman–Crippen MR) is 103 cm³/mol. The zero-order chi connectivity index (χ0) is 18.8. The zero-order valence-corrected chi connectivity index (χ0v) is 18.5. The van der Waals surface area contributed by atoms with Crippen LogP contribution in [0.3, 0.4) is 0 Å². The van der Waals surface area contributed by atoms with Crippen molar-refractivity contribution in [1.82, 2.24) is 4.98 Å². The number of hydrogen-bond acceptors (Lipinski definition) is 3. The van der Waals surface area contributed by atoms with Crippen LogP contribution in [-0.4, -0.2) is 16.6 Å². The molecule has 144 valence electrons. The van der Waals surface area contributed by atoms with E-state index < -0.39 is 0 Å². The number of allylic oxidation sites excluding steroid dienone is 4. The van der Waals surface area contributed by atoms with Crippen molar-refractivity contribution in [3.63, 3.8) is 0 Å². The predicted octanol–water partition coefficient (Wildman–Crippen LogP) is 4.64. The number of nitrogens with zero attached hydrogens (tertiary/aromatic N) is 2. The first-order chi connectivity index (χ1) is 11.4. The quantitative estimate of drug-likeness (QED) is 0.573. The van der Waals surface area contributed by atoms with Gasteiger partial charge in [0.15, 0.2) is 0 Å². The molecule has 4 nitrogen and oxygen atoms in total. The molecule has 0 atom stereocenters. The number of aliphatic imine (C=N–C) groups is 1. The van der Waals surface area contributed by atoms with Crippen LogP contribution >= 0.6 is 0 Å². The molecule has 0 amide bonds. The van der Waals surface area contributed by atoms with Crippen LogP contribution in [0.4, 0.5) is 0 Å². The second kappa shape index (κ2) is 8.35. The van der Waals surface area contributed by atoms with E-state index in [1.165, 1.54) is 0 Å². The molecule has 0 saturated heterocycles. The Bertz CT molecular complexity index is 782. The van der Waals surface area contributed by atoms with Gasteiger partial charge < -0.3 is 10.1 Å². The third-order valence-electron chi connectivity index (χ3n) is 3.93. The maximum absolute atomic E-state index is 12.1. The summed E-state index contributed by atoms with van der Waals surface area (Å²) in [5, 5.41) is 10.1. The van der Waals surface area contributed by atoms with E-state index in [-0.39, 0.29) is 37.7 Å². The molecule has 0 spiro atoms. The van der Waals surface area contributed by atoms with E-state index >= 15 is 0 Å². The first kappa shape index (κ1) is 22.4. The molecule has 1 aromatic rings. The number of Topliss-reactive ketones (excluding diaryl/α,β-unsaturated/α-hetero) is 1. The van der Waals surface area contributed by atoms with Gasteiger partial charge in [-0.15, -0.1) is 5.69 Å². The summed E-state index contributed by atoms with van der Waals surface area (Å²) < 4.78 is 0. The third-order valence-corrected chi connectivity index (χ3v) is 3.93. The van der Waals surface area contributed by atoms with Crippen molar-refractivity contribution in [2.75, 3.05) is 0 Å². The van der Waals surface area contributed by atoms with E-state index in [4.69, 9.17) is 0 Å². The van der Waals surface area contributed by atoms with Gasteiger partial charge in [0.1, 0.15) is 5.78 Å². The fourth-order valence-electron chi connectivity index (χ4n) is 2.09. The number of rotatable bonds is 4. The fraction of sp³-hybridized carbons (Fsp3) is 0.429. The van der Waals surface area contributed by atoms with E-state index in [9.17, 15) is 9.90 Å². The number of aliphatic hydroxyl groups excluding tert-OH is 1. The maximum atomic E-state index is 12.1. The Kier molecular flexibility index (Phi) is 7.18. The number of aliphatic hydroxyl groups is 1. The molecule has 0 bridgehead atoms. The summed E-state index contributed by atoms with van der Waals surface area (Å²) in [7, 11) is 0. The molecule has 0 radical (unpaired) electrons. The van der Waals surface area contributed by atoms with Gasteiger partial charge in [-0.3, -0.25) is 4.79 Å². The maximum Gasteiger partial charge on any atom is 0.140 e. The van der Waals surface area contributed by atoms with Crippen molar-refractivity contribution >= 4 is 17.6 Å². The second-order valence-electron chi connectivity index (χ2n) is 8.43. The topological polar surface area (TPSA) is 63.8 Å². The Labute approximate surface area is 170 Å². The minimum absolute atomic E-state index is 0. The van der Waals surface area contributed by atoms with Crippen molar-refractivity contribution < 1.29 is 31.0 Å². The second-order valence-corrected chi connectivity index (χ2v) is 8.43. The van der Waals surface area contributed by atoms with Crippen molar-refractivity contribution in [2.45, 2.75) is 48.0 Å². The van der Waals surface area contributed by atoms with Crippen LogP contribution in [0, 0.1) is 10.8 Å². The van der Waals surface area contributed by atoms with Crippen LogP contribution in [0.5, 0.6) is 0 Å². The number of hydrogen-bond donors (Lipinski definition) is 1. The smallest absolute Gasteiger partial charge is 0.140 e. The summed E-state index contributed by atoms with van der Waals surface area (Å²) in [5.74, 6) is 0.472. The molecule has 0 aromatic carbocycles. The Morgan fingerprint density at radius 1 is 1.12 bits per heavy atom. The Hall–Kier alpha value is -1.67. The molecule has 1 aliphatic rings. The van der Waals surface area contributed by atoms with Crippen LogP contribution in [0.25, 0.3) is 6.08 Å². The van der Waals surface area contributed by atoms with Crippen molar-refractivity contribution in [3.05, 3.63) is 53.2 Å². The van der Waals surface area contributed by atoms with E-state index in [0.717, 1.165) is 17.1 Å². The number of ketones is 1. The molecule has 2 rings (SSSR count). The van der Waals surface area contributed by atoms with Gasteiger partial charge in [0.05, 0.1) is 17.2 Å². The summed E-state index contributed by atoms with van der Waals surface area (Å²) in [6, 6.07) is 3.77. The van der Waals surface area contributed by atoms with E-state index in [1.807, 2.05) is 71.9 Å². The first-order valence-corrected chi connectivity index (χ1v) is 8.51. The summed E-state index contributed by atoms with van der Waals surface area (Å²) in [5.41, 5.74) is 2.40. The fourth-order valence-corrected chi connectivity index (χ4v) is 2.09. The minimum atomic E-state index is -0.355. The largest absolute Gasteiger partial charge is 0.661 e. The Balaban J connectivity index is 0.00000338. The van der Waals surface area contributed by atoms with Gasteiger partial charge in [-0.2, -0.15) is 5.69 Å². The van der Waals surface area contributed by atoms with Gasteiger partial charge >= 0.3 is 0 Å². The average Bonchev–Trinajstić information content (AvgIpc) is 3.07. The molecular weight excluding hydrogens is 507 g/mol. The summed E-state index contributed by atoms with van der Waals surface area (Å²) >= 11 is 0. The Morgan fingerprint density at radius 3 is 2.35 bits per heavy atom. The number of aromatic nitrogens is 1. The molecule has 0 saturated carbocycles. The molecule has 5 heteroatoms. The zero-order valence-electron chi connectivity index (χ0n) is 16.2. The molecule has 2 heterocycles. The monoisotopic (exact) mass is 534 g/mol. The van der Waals surface area contributed by atoms with Gasteiger partial charge in [0.25, 0.3) is 0 Å². The van der Waals surface area contributed by atoms with Gasteiger partial charge in [0.2, 0.25) is 0 Å². The molecular formula is C21H27N2O2Pt-. The summed E-state index contributed by atoms with van der Waals surface area (Å²) in [6.45, 7) is 11.6. The standard InChI is InChI=1S/C21H27N2O2.Pt/c1-20(2,3)18(24)12-16-9-7-14(22-16)11-15-8-10-17(23-15)13-19(25)21(4,5)6;/h7-12H,13H2,1-6H3,(H-,22,23,24);/q-1;. The van der Waals surface area contributed by atoms with Crippen LogP contribution in [0.15, 0.2) is 46.8 Å². The van der Waals surface area contributed by atoms with Crippen LogP contribution < -0.4 is 4.98 Å². The third kappa shape index (κ3) is 6.25. The minimum Gasteiger partial charge on any atom is -0.661 e.